The fourth-order valence-corrected chi connectivity index (χ4v) is 3.56. The highest BCUT2D eigenvalue weighted by atomic mass is 16.2. The summed E-state index contributed by atoms with van der Waals surface area (Å²) < 4.78 is 4.09. The number of nitrogens with zero attached hydrogens (tertiary/aromatic N) is 4. The number of aryl methyl sites for hydroxylation is 2. The van der Waals surface area contributed by atoms with E-state index in [0.717, 1.165) is 22.8 Å². The van der Waals surface area contributed by atoms with Crippen molar-refractivity contribution in [2.75, 3.05) is 0 Å². The first-order valence-electron chi connectivity index (χ1n) is 8.82. The summed E-state index contributed by atoms with van der Waals surface area (Å²) in [5.74, 6) is 1.04. The second-order valence-corrected chi connectivity index (χ2v) is 6.74. The normalized spacial score (nSPS) is 13.6. The van der Waals surface area contributed by atoms with E-state index in [-0.39, 0.29) is 5.91 Å². The Morgan fingerprint density at radius 1 is 1.15 bits per heavy atom. The topological polar surface area (TPSA) is 43.1 Å². The summed E-state index contributed by atoms with van der Waals surface area (Å²) in [5, 5.41) is 4.88. The number of rotatable bonds is 3. The Morgan fingerprint density at radius 3 is 2.62 bits per heavy atom. The zero-order chi connectivity index (χ0) is 18.3. The summed E-state index contributed by atoms with van der Waals surface area (Å²) in [6.45, 7) is 7.19. The van der Waals surface area contributed by atoms with E-state index in [1.165, 1.54) is 11.1 Å². The summed E-state index contributed by atoms with van der Waals surface area (Å²) in [6.07, 6.45) is 7.43. The monoisotopic (exact) mass is 346 g/mol. The van der Waals surface area contributed by atoms with Crippen molar-refractivity contribution in [1.82, 2.24) is 19.2 Å². The molecule has 0 fully saturated rings. The van der Waals surface area contributed by atoms with Gasteiger partial charge < -0.3 is 9.47 Å². The minimum Gasteiger partial charge on any atom is -0.329 e. The van der Waals surface area contributed by atoms with E-state index in [9.17, 15) is 4.79 Å². The number of hydrogen-bond donors (Lipinski definition) is 0. The lowest BCUT2D eigenvalue weighted by molar-refractivity contribution is -0.126. The molecule has 0 aliphatic carbocycles. The van der Waals surface area contributed by atoms with Crippen LogP contribution in [0.25, 0.3) is 11.5 Å². The molecule has 1 aromatic carbocycles. The van der Waals surface area contributed by atoms with E-state index in [2.05, 4.69) is 36.6 Å². The van der Waals surface area contributed by atoms with Crippen LogP contribution < -0.4 is 0 Å². The molecule has 0 unspecified atom stereocenters. The van der Waals surface area contributed by atoms with Crippen LogP contribution in [0.5, 0.6) is 0 Å². The van der Waals surface area contributed by atoms with Crippen LogP contribution in [0.1, 0.15) is 29.3 Å². The average molecular weight is 346 g/mol. The lowest BCUT2D eigenvalue weighted by Crippen LogP contribution is -2.24. The fraction of sp³-hybridized carbons (Fsp3) is 0.238. The van der Waals surface area contributed by atoms with Crippen LogP contribution in [0.4, 0.5) is 0 Å². The van der Waals surface area contributed by atoms with Crippen LogP contribution in [0.15, 0.2) is 54.9 Å². The third kappa shape index (κ3) is 2.65. The van der Waals surface area contributed by atoms with Gasteiger partial charge in [0.2, 0.25) is 5.91 Å². The maximum absolute atomic E-state index is 12.3. The molecule has 1 aliphatic rings. The van der Waals surface area contributed by atoms with E-state index in [1.54, 1.807) is 12.2 Å². The van der Waals surface area contributed by atoms with E-state index < -0.39 is 0 Å². The molecule has 0 bridgehead atoms. The predicted octanol–water partition coefficient (Wildman–Crippen LogP) is 3.70. The molecule has 3 heterocycles. The molecule has 0 N–H and O–H groups in total. The number of hydrogen-bond acceptors (Lipinski definition) is 2. The van der Waals surface area contributed by atoms with E-state index >= 15 is 0 Å². The Morgan fingerprint density at radius 2 is 1.92 bits per heavy atom. The first-order chi connectivity index (χ1) is 12.6. The van der Waals surface area contributed by atoms with E-state index in [4.69, 9.17) is 5.10 Å². The molecule has 0 spiro atoms. The van der Waals surface area contributed by atoms with Crippen LogP contribution in [0, 0.1) is 13.8 Å². The fourth-order valence-electron chi connectivity index (χ4n) is 3.56. The molecule has 0 saturated heterocycles. The van der Waals surface area contributed by atoms with Gasteiger partial charge in [-0.15, -0.1) is 0 Å². The second kappa shape index (κ2) is 6.33. The maximum atomic E-state index is 12.3. The summed E-state index contributed by atoms with van der Waals surface area (Å²) in [7, 11) is 0. The van der Waals surface area contributed by atoms with Crippen molar-refractivity contribution in [2.24, 2.45) is 0 Å². The van der Waals surface area contributed by atoms with E-state index in [1.807, 2.05) is 41.0 Å². The van der Waals surface area contributed by atoms with Gasteiger partial charge in [0, 0.05) is 18.0 Å². The minimum atomic E-state index is 0.0297. The highest BCUT2D eigenvalue weighted by Gasteiger charge is 2.30. The van der Waals surface area contributed by atoms with Crippen LogP contribution in [-0.4, -0.2) is 25.2 Å². The van der Waals surface area contributed by atoms with Gasteiger partial charge in [-0.05, 0) is 50.6 Å². The zero-order valence-electron chi connectivity index (χ0n) is 15.3. The molecule has 5 heteroatoms. The Kier molecular flexibility index (Phi) is 3.99. The molecular formula is C21H22N4O. The number of carbonyl (C=O) groups is 1. The predicted molar refractivity (Wildman–Crippen MR) is 101 cm³/mol. The zero-order valence-corrected chi connectivity index (χ0v) is 15.3. The van der Waals surface area contributed by atoms with Crippen molar-refractivity contribution < 1.29 is 4.79 Å². The number of amides is 1. The van der Waals surface area contributed by atoms with Crippen molar-refractivity contribution in [1.29, 1.82) is 0 Å². The Balaban J connectivity index is 1.84. The lowest BCUT2D eigenvalue weighted by Gasteiger charge is -2.17. The largest absolute Gasteiger partial charge is 0.329 e. The van der Waals surface area contributed by atoms with Gasteiger partial charge in [-0.2, -0.15) is 5.10 Å². The van der Waals surface area contributed by atoms with Crippen molar-refractivity contribution in [3.8, 4) is 11.5 Å². The maximum Gasteiger partial charge on any atom is 0.246 e. The van der Waals surface area contributed by atoms with Crippen molar-refractivity contribution in [2.45, 2.75) is 33.9 Å². The van der Waals surface area contributed by atoms with Gasteiger partial charge in [0.05, 0.1) is 24.5 Å². The quantitative estimate of drug-likeness (QED) is 0.679. The van der Waals surface area contributed by atoms with Gasteiger partial charge in [0.25, 0.3) is 0 Å². The van der Waals surface area contributed by atoms with Crippen molar-refractivity contribution >= 4 is 5.91 Å². The lowest BCUT2D eigenvalue weighted by atomic mass is 10.1. The van der Waals surface area contributed by atoms with Gasteiger partial charge in [-0.1, -0.05) is 23.8 Å². The first kappa shape index (κ1) is 16.4. The van der Waals surface area contributed by atoms with Gasteiger partial charge in [-0.25, -0.2) is 4.68 Å². The molecule has 5 nitrogen and oxygen atoms in total. The van der Waals surface area contributed by atoms with E-state index in [0.29, 0.717) is 13.1 Å². The second-order valence-electron chi connectivity index (χ2n) is 6.74. The SMILES string of the molecule is C/C=C/C(=O)N1Cc2nn(-c3ccc(C)cc3C)c(-n3cccc3)c2C1. The van der Waals surface area contributed by atoms with Crippen molar-refractivity contribution in [3.05, 3.63) is 77.3 Å². The summed E-state index contributed by atoms with van der Waals surface area (Å²) >= 11 is 0. The molecule has 1 aliphatic heterocycles. The van der Waals surface area contributed by atoms with Crippen LogP contribution in [0.3, 0.4) is 0 Å². The van der Waals surface area contributed by atoms with Crippen LogP contribution in [-0.2, 0) is 17.9 Å². The van der Waals surface area contributed by atoms with Crippen LogP contribution >= 0.6 is 0 Å². The average Bonchev–Trinajstić information content (AvgIpc) is 3.30. The summed E-state index contributed by atoms with van der Waals surface area (Å²) in [4.78, 5) is 14.1. The standard InChI is InChI=1S/C21H22N4O/c1-4-7-20(26)24-13-17-18(14-24)22-25(21(17)23-10-5-6-11-23)19-9-8-15(2)12-16(19)3/h4-12H,13-14H2,1-3H3/b7-4+. The first-order valence-corrected chi connectivity index (χ1v) is 8.82. The number of fused-ring (bicyclic) bond motifs is 1. The summed E-state index contributed by atoms with van der Waals surface area (Å²) in [6, 6.07) is 10.4. The van der Waals surface area contributed by atoms with Crippen molar-refractivity contribution in [3.63, 3.8) is 0 Å². The molecule has 132 valence electrons. The van der Waals surface area contributed by atoms with Gasteiger partial charge >= 0.3 is 0 Å². The van der Waals surface area contributed by atoms with Crippen LogP contribution in [0.2, 0.25) is 0 Å². The number of carbonyl (C=O) groups excluding carboxylic acids is 1. The number of aromatic nitrogens is 3. The Hall–Kier alpha value is -3.08. The highest BCUT2D eigenvalue weighted by molar-refractivity contribution is 5.88. The molecule has 0 radical (unpaired) electrons. The minimum absolute atomic E-state index is 0.0297. The van der Waals surface area contributed by atoms with Gasteiger partial charge in [0.1, 0.15) is 5.82 Å². The number of allylic oxidation sites excluding steroid dienone is 1. The Labute approximate surface area is 153 Å². The van der Waals surface area contributed by atoms with Gasteiger partial charge in [-0.3, -0.25) is 4.79 Å². The molecule has 26 heavy (non-hydrogen) atoms. The number of benzene rings is 1. The smallest absolute Gasteiger partial charge is 0.246 e. The molecule has 1 amide bonds. The molecular weight excluding hydrogens is 324 g/mol. The molecule has 0 saturated carbocycles. The summed E-state index contributed by atoms with van der Waals surface area (Å²) in [5.41, 5.74) is 5.56. The Bertz CT molecular complexity index is 995. The third-order valence-electron chi connectivity index (χ3n) is 4.78. The molecule has 4 rings (SSSR count). The molecule has 2 aromatic heterocycles. The molecule has 0 atom stereocenters. The highest BCUT2D eigenvalue weighted by Crippen LogP contribution is 2.31. The molecule has 3 aromatic rings. The van der Waals surface area contributed by atoms with Gasteiger partial charge in [0.15, 0.2) is 0 Å². The third-order valence-corrected chi connectivity index (χ3v) is 4.78.